The van der Waals surface area contributed by atoms with Gasteiger partial charge in [-0.05, 0) is 50.8 Å². The van der Waals surface area contributed by atoms with Crippen molar-refractivity contribution >= 4 is 11.6 Å². The first-order valence-corrected chi connectivity index (χ1v) is 7.66. The average Bonchev–Trinajstić information content (AvgIpc) is 3.06. The molecule has 2 bridgehead atoms. The molecule has 4 rings (SSSR count). The largest absolute Gasteiger partial charge is 0.373 e. The minimum Gasteiger partial charge on any atom is -0.373 e. The molecule has 5 atom stereocenters. The van der Waals surface area contributed by atoms with Crippen LogP contribution in [0.25, 0.3) is 0 Å². The summed E-state index contributed by atoms with van der Waals surface area (Å²) in [6, 6.07) is 1.96. The van der Waals surface area contributed by atoms with E-state index in [1.165, 1.54) is 0 Å². The molecular weight excluding hydrogens is 266 g/mol. The molecule has 0 amide bonds. The fourth-order valence-electron chi connectivity index (χ4n) is 4.68. The Balaban J connectivity index is 1.81. The van der Waals surface area contributed by atoms with Crippen LogP contribution in [-0.2, 0) is 14.3 Å². The zero-order valence-electron chi connectivity index (χ0n) is 12.6. The summed E-state index contributed by atoms with van der Waals surface area (Å²) in [6.07, 6.45) is 1.78. The number of ether oxygens (including phenoxy) is 1. The number of nitrogens with zero attached hydrogens (tertiary/aromatic N) is 1. The van der Waals surface area contributed by atoms with Crippen molar-refractivity contribution in [2.45, 2.75) is 51.7 Å². The number of hydrogen-bond acceptors (Lipinski definition) is 4. The minimum absolute atomic E-state index is 0.0273. The van der Waals surface area contributed by atoms with Gasteiger partial charge >= 0.3 is 0 Å². The molecule has 4 nitrogen and oxygen atoms in total. The topological polar surface area (TPSA) is 56.3 Å². The van der Waals surface area contributed by atoms with Gasteiger partial charge in [-0.2, -0.15) is 0 Å². The minimum atomic E-state index is -0.611. The van der Waals surface area contributed by atoms with E-state index < -0.39 is 5.92 Å². The van der Waals surface area contributed by atoms with Crippen LogP contribution in [0.5, 0.6) is 0 Å². The van der Waals surface area contributed by atoms with Crippen LogP contribution < -0.4 is 0 Å². The van der Waals surface area contributed by atoms with Crippen molar-refractivity contribution in [1.82, 2.24) is 4.98 Å². The maximum atomic E-state index is 12.8. The number of carbonyl (C=O) groups excluding carboxylic acids is 2. The maximum absolute atomic E-state index is 12.8. The summed E-state index contributed by atoms with van der Waals surface area (Å²) in [5.41, 5.74) is 3.58. The third-order valence-electron chi connectivity index (χ3n) is 5.37. The molecule has 3 unspecified atom stereocenters. The lowest BCUT2D eigenvalue weighted by Gasteiger charge is -2.17. The van der Waals surface area contributed by atoms with E-state index in [1.807, 2.05) is 26.8 Å². The number of aryl methyl sites for hydroxylation is 3. The molecule has 21 heavy (non-hydrogen) atoms. The van der Waals surface area contributed by atoms with Gasteiger partial charge in [0.05, 0.1) is 24.0 Å². The molecule has 4 heteroatoms. The standard InChI is InChI=1S/C17H19NO3/c1-7-6-8(2)18-9(3)12(7)15-16(19)13-10-4-5-11(21-10)14(13)17(15)20/h6,10-11,13-15H,4-5H2,1-3H3/t10?,11?,13-,14+,15?. The summed E-state index contributed by atoms with van der Waals surface area (Å²) in [4.78, 5) is 30.2. The predicted octanol–water partition coefficient (Wildman–Crippen LogP) is 2.04. The lowest BCUT2D eigenvalue weighted by Crippen LogP contribution is -2.29. The second-order valence-corrected chi connectivity index (χ2v) is 6.66. The molecule has 2 saturated heterocycles. The van der Waals surface area contributed by atoms with Gasteiger partial charge < -0.3 is 4.74 Å². The van der Waals surface area contributed by atoms with E-state index >= 15 is 0 Å². The quantitative estimate of drug-likeness (QED) is 0.741. The van der Waals surface area contributed by atoms with Crippen LogP contribution >= 0.6 is 0 Å². The summed E-state index contributed by atoms with van der Waals surface area (Å²) in [5.74, 6) is -0.897. The van der Waals surface area contributed by atoms with Crippen LogP contribution in [0.2, 0.25) is 0 Å². The van der Waals surface area contributed by atoms with E-state index in [1.54, 1.807) is 0 Å². The molecular formula is C17H19NO3. The Morgan fingerprint density at radius 2 is 1.62 bits per heavy atom. The number of hydrogen-bond donors (Lipinski definition) is 0. The normalized spacial score (nSPS) is 37.4. The fourth-order valence-corrected chi connectivity index (χ4v) is 4.68. The SMILES string of the molecule is Cc1cc(C)c(C2C(=O)[C@@H]3C4CCC(O4)[C@@H]3C2=O)c(C)n1. The van der Waals surface area contributed by atoms with E-state index in [0.717, 1.165) is 35.4 Å². The van der Waals surface area contributed by atoms with Crippen molar-refractivity contribution in [3.8, 4) is 0 Å². The molecule has 110 valence electrons. The summed E-state index contributed by atoms with van der Waals surface area (Å²) < 4.78 is 5.79. The highest BCUT2D eigenvalue weighted by molar-refractivity contribution is 6.17. The van der Waals surface area contributed by atoms with Crippen LogP contribution in [0.15, 0.2) is 6.07 Å². The van der Waals surface area contributed by atoms with Crippen molar-refractivity contribution in [2.24, 2.45) is 11.8 Å². The lowest BCUT2D eigenvalue weighted by molar-refractivity contribution is -0.127. The van der Waals surface area contributed by atoms with Crippen LogP contribution in [0, 0.1) is 32.6 Å². The average molecular weight is 285 g/mol. The summed E-state index contributed by atoms with van der Waals surface area (Å²) in [7, 11) is 0. The zero-order valence-corrected chi connectivity index (χ0v) is 12.6. The second kappa shape index (κ2) is 4.23. The van der Waals surface area contributed by atoms with E-state index in [-0.39, 0.29) is 35.6 Å². The molecule has 3 fully saturated rings. The Bertz CT molecular complexity index is 615. The van der Waals surface area contributed by atoms with Crippen molar-refractivity contribution < 1.29 is 14.3 Å². The molecule has 0 spiro atoms. The molecule has 1 aromatic heterocycles. The maximum Gasteiger partial charge on any atom is 0.154 e. The Morgan fingerprint density at radius 3 is 2.14 bits per heavy atom. The van der Waals surface area contributed by atoms with Gasteiger partial charge in [0.1, 0.15) is 5.92 Å². The van der Waals surface area contributed by atoms with Crippen LogP contribution in [0.1, 0.15) is 41.3 Å². The van der Waals surface area contributed by atoms with Gasteiger partial charge in [-0.25, -0.2) is 0 Å². The van der Waals surface area contributed by atoms with Crippen molar-refractivity contribution in [2.75, 3.05) is 0 Å². The number of Topliss-reactive ketones (excluding diaryl/α,β-unsaturated/α-hetero) is 2. The van der Waals surface area contributed by atoms with Gasteiger partial charge in [0, 0.05) is 11.4 Å². The summed E-state index contributed by atoms with van der Waals surface area (Å²) in [5, 5.41) is 0. The zero-order chi connectivity index (χ0) is 14.9. The number of fused-ring (bicyclic) bond motifs is 5. The van der Waals surface area contributed by atoms with Crippen molar-refractivity contribution in [1.29, 1.82) is 0 Å². The number of carbonyl (C=O) groups is 2. The molecule has 0 radical (unpaired) electrons. The smallest absolute Gasteiger partial charge is 0.154 e. The summed E-state index contributed by atoms with van der Waals surface area (Å²) in [6.45, 7) is 5.80. The fraction of sp³-hybridized carbons (Fsp3) is 0.588. The van der Waals surface area contributed by atoms with Gasteiger partial charge in [0.25, 0.3) is 0 Å². The Hall–Kier alpha value is -1.55. The van der Waals surface area contributed by atoms with Gasteiger partial charge in [-0.1, -0.05) is 0 Å². The van der Waals surface area contributed by atoms with E-state index in [2.05, 4.69) is 4.98 Å². The van der Waals surface area contributed by atoms with Gasteiger partial charge in [0.2, 0.25) is 0 Å². The van der Waals surface area contributed by atoms with Crippen LogP contribution in [0.3, 0.4) is 0 Å². The third kappa shape index (κ3) is 1.62. The first-order valence-electron chi connectivity index (χ1n) is 7.66. The molecule has 3 aliphatic rings. The molecule has 1 saturated carbocycles. The van der Waals surface area contributed by atoms with E-state index in [9.17, 15) is 9.59 Å². The van der Waals surface area contributed by atoms with Gasteiger partial charge in [-0.3, -0.25) is 14.6 Å². The highest BCUT2D eigenvalue weighted by Gasteiger charge is 2.63. The third-order valence-corrected chi connectivity index (χ3v) is 5.37. The van der Waals surface area contributed by atoms with E-state index in [0.29, 0.717) is 0 Å². The summed E-state index contributed by atoms with van der Waals surface area (Å²) >= 11 is 0. The number of ketones is 2. The molecule has 1 aliphatic carbocycles. The van der Waals surface area contributed by atoms with Gasteiger partial charge in [-0.15, -0.1) is 0 Å². The molecule has 1 aromatic rings. The number of aromatic nitrogens is 1. The Labute approximate surface area is 123 Å². The molecule has 0 N–H and O–H groups in total. The number of pyridine rings is 1. The van der Waals surface area contributed by atoms with Crippen molar-refractivity contribution in [3.05, 3.63) is 28.6 Å². The first kappa shape index (κ1) is 13.1. The highest BCUT2D eigenvalue weighted by atomic mass is 16.5. The molecule has 0 aromatic carbocycles. The number of rotatable bonds is 1. The van der Waals surface area contributed by atoms with Crippen LogP contribution in [0.4, 0.5) is 0 Å². The monoisotopic (exact) mass is 285 g/mol. The first-order chi connectivity index (χ1) is 9.99. The van der Waals surface area contributed by atoms with E-state index in [4.69, 9.17) is 4.74 Å². The van der Waals surface area contributed by atoms with Crippen molar-refractivity contribution in [3.63, 3.8) is 0 Å². The Morgan fingerprint density at radius 1 is 1.05 bits per heavy atom. The second-order valence-electron chi connectivity index (χ2n) is 6.66. The van der Waals surface area contributed by atoms with Gasteiger partial charge in [0.15, 0.2) is 11.6 Å². The Kier molecular flexibility index (Phi) is 2.65. The molecule has 3 heterocycles. The lowest BCUT2D eigenvalue weighted by atomic mass is 9.81. The van der Waals surface area contributed by atoms with Crippen LogP contribution in [-0.4, -0.2) is 28.8 Å². The predicted molar refractivity (Wildman–Crippen MR) is 76.1 cm³/mol. The molecule has 2 aliphatic heterocycles. The highest BCUT2D eigenvalue weighted by Crippen LogP contribution is 2.52.